The van der Waals surface area contributed by atoms with E-state index in [1.54, 1.807) is 0 Å². The minimum atomic E-state index is -2.25. The first-order chi connectivity index (χ1) is 35.5. The molecule has 0 saturated heterocycles. The van der Waals surface area contributed by atoms with Gasteiger partial charge in [0.1, 0.15) is 22.3 Å². The van der Waals surface area contributed by atoms with Crippen molar-refractivity contribution in [2.24, 2.45) is 0 Å². The second kappa shape index (κ2) is 15.9. The van der Waals surface area contributed by atoms with Gasteiger partial charge in [0, 0.05) is 72.2 Å². The van der Waals surface area contributed by atoms with Gasteiger partial charge in [0.15, 0.2) is 0 Å². The Bertz CT molecular complexity index is 4360. The lowest BCUT2D eigenvalue weighted by Gasteiger charge is -2.52. The topological polar surface area (TPSA) is 32.8 Å². The molecule has 4 nitrogen and oxygen atoms in total. The third kappa shape index (κ3) is 6.30. The van der Waals surface area contributed by atoms with Gasteiger partial charge < -0.3 is 18.6 Å². The van der Waals surface area contributed by atoms with Gasteiger partial charge in [-0.15, -0.1) is 0 Å². The summed E-state index contributed by atoms with van der Waals surface area (Å²) in [5.41, 5.74) is 16.0. The van der Waals surface area contributed by atoms with E-state index in [1.807, 2.05) is 6.07 Å². The molecule has 1 aliphatic carbocycles. The zero-order chi connectivity index (χ0) is 49.4. The number of benzene rings is 11. The smallest absolute Gasteiger partial charge is 0.137 e. The number of hydrogen-bond acceptors (Lipinski definition) is 4. The van der Waals surface area contributed by atoms with Gasteiger partial charge in [-0.2, -0.15) is 0 Å². The van der Waals surface area contributed by atoms with Crippen molar-refractivity contribution in [2.75, 3.05) is 9.80 Å². The first-order valence-electron chi connectivity index (χ1n) is 25.6. The van der Waals surface area contributed by atoms with Crippen LogP contribution in [-0.4, -0.2) is 16.1 Å². The molecule has 352 valence electrons. The van der Waals surface area contributed by atoms with Crippen molar-refractivity contribution in [2.45, 2.75) is 43.9 Å². The van der Waals surface area contributed by atoms with Crippen LogP contribution < -0.4 is 9.80 Å². The molecule has 0 atom stereocenters. The van der Waals surface area contributed by atoms with Crippen LogP contribution in [0.5, 0.6) is 0 Å². The fourth-order valence-corrected chi connectivity index (χ4v) is 26.7. The molecular formula is C67H54N2O2Si2. The maximum absolute atomic E-state index is 6.60. The molecule has 0 aliphatic heterocycles. The Labute approximate surface area is 427 Å². The van der Waals surface area contributed by atoms with Crippen molar-refractivity contribution >= 4 is 126 Å². The maximum atomic E-state index is 6.60. The SMILES string of the molecule is C[Si](C)(C)C1([Si](C)(C)C)c2cc(N(c3ccccc3)c3ccc4c(c3)oc3ccccc34)c3ccccc3c2-c2c1c1ccc(N(c3ccccc3)c3ccc4c(c3)oc3ccccc34)cc1c1ccccc21. The molecule has 0 spiro atoms. The summed E-state index contributed by atoms with van der Waals surface area (Å²) in [6, 6.07) is 80.3. The monoisotopic (exact) mass is 974 g/mol. The summed E-state index contributed by atoms with van der Waals surface area (Å²) in [7, 11) is -4.50. The first-order valence-corrected chi connectivity index (χ1v) is 32.6. The molecule has 1 aliphatic rings. The quantitative estimate of drug-likeness (QED) is 0.112. The number of hydrogen-bond donors (Lipinski definition) is 0. The first kappa shape index (κ1) is 43.6. The van der Waals surface area contributed by atoms with Crippen LogP contribution in [0.3, 0.4) is 0 Å². The number of rotatable bonds is 8. The third-order valence-corrected chi connectivity index (χ3v) is 26.1. The molecule has 73 heavy (non-hydrogen) atoms. The molecule has 2 aromatic heterocycles. The van der Waals surface area contributed by atoms with Crippen molar-refractivity contribution in [3.63, 3.8) is 0 Å². The van der Waals surface area contributed by atoms with E-state index >= 15 is 0 Å². The van der Waals surface area contributed by atoms with Gasteiger partial charge in [-0.1, -0.05) is 167 Å². The van der Waals surface area contributed by atoms with Crippen molar-refractivity contribution in [3.8, 4) is 11.1 Å². The minimum Gasteiger partial charge on any atom is -0.456 e. The lowest BCUT2D eigenvalue weighted by atomic mass is 9.89. The van der Waals surface area contributed by atoms with Crippen LogP contribution in [0.4, 0.5) is 34.1 Å². The highest BCUT2D eigenvalue weighted by Gasteiger charge is 2.60. The average molecular weight is 975 g/mol. The number of nitrogens with zero attached hydrogens (tertiary/aromatic N) is 2. The van der Waals surface area contributed by atoms with E-state index in [2.05, 4.69) is 261 Å². The zero-order valence-corrected chi connectivity index (χ0v) is 44.0. The van der Waals surface area contributed by atoms with E-state index in [9.17, 15) is 0 Å². The maximum Gasteiger partial charge on any atom is 0.137 e. The Hall–Kier alpha value is -8.17. The summed E-state index contributed by atoms with van der Waals surface area (Å²) in [5.74, 6) is 0. The zero-order valence-electron chi connectivity index (χ0n) is 42.0. The lowest BCUT2D eigenvalue weighted by Crippen LogP contribution is -2.63. The Kier molecular flexibility index (Phi) is 9.51. The van der Waals surface area contributed by atoms with E-state index in [1.165, 1.54) is 60.3 Å². The standard InChI is InChI=1S/C67H54N2O2Si2/c1-72(2,3)67(73(4,5)6)58-42-59(69(44-23-11-8-12-24-44)47-34-37-53-51-28-18-20-32-61(51)71-63(53)41-47)49-26-14-16-30-55(49)64(58)65-54-29-15-13-25-48(54)57-39-45(35-38-56(57)66(65)67)68(43-21-9-7-10-22-43)46-33-36-52-50-27-17-19-31-60(50)70-62(52)40-46/h7-42H,1-6H3. The molecule has 0 unspecified atom stereocenters. The molecule has 0 bridgehead atoms. The van der Waals surface area contributed by atoms with E-state index in [4.69, 9.17) is 8.83 Å². The molecule has 0 N–H and O–H groups in total. The highest BCUT2D eigenvalue weighted by molar-refractivity contribution is 7.00. The second-order valence-electron chi connectivity index (χ2n) is 22.0. The summed E-state index contributed by atoms with van der Waals surface area (Å²) >= 11 is 0. The van der Waals surface area contributed by atoms with Gasteiger partial charge in [0.05, 0.1) is 21.8 Å². The third-order valence-electron chi connectivity index (χ3n) is 16.1. The fraction of sp³-hybridized carbons (Fsp3) is 0.104. The number of anilines is 6. The van der Waals surface area contributed by atoms with Crippen LogP contribution in [-0.2, 0) is 4.66 Å². The van der Waals surface area contributed by atoms with Gasteiger partial charge in [-0.3, -0.25) is 0 Å². The minimum absolute atomic E-state index is 0.205. The lowest BCUT2D eigenvalue weighted by molar-refractivity contribution is 0.668. The molecule has 14 rings (SSSR count). The summed E-state index contributed by atoms with van der Waals surface area (Å²) in [5, 5.41) is 12.2. The Morgan fingerprint density at radius 3 is 1.26 bits per heavy atom. The normalized spacial score (nSPS) is 13.5. The Morgan fingerprint density at radius 2 is 0.712 bits per heavy atom. The highest BCUT2D eigenvalue weighted by atomic mass is 28.4. The van der Waals surface area contributed by atoms with Crippen LogP contribution in [0.2, 0.25) is 39.3 Å². The summed E-state index contributed by atoms with van der Waals surface area (Å²) in [6.45, 7) is 15.9. The van der Waals surface area contributed by atoms with Gasteiger partial charge in [0.25, 0.3) is 0 Å². The predicted octanol–water partition coefficient (Wildman–Crippen LogP) is 19.9. The van der Waals surface area contributed by atoms with Crippen molar-refractivity contribution in [1.82, 2.24) is 0 Å². The molecule has 0 radical (unpaired) electrons. The molecule has 0 amide bonds. The summed E-state index contributed by atoms with van der Waals surface area (Å²) < 4.78 is 12.9. The Balaban J connectivity index is 1.06. The largest absolute Gasteiger partial charge is 0.456 e. The van der Waals surface area contributed by atoms with E-state index in [0.717, 1.165) is 72.3 Å². The van der Waals surface area contributed by atoms with E-state index < -0.39 is 16.1 Å². The summed E-state index contributed by atoms with van der Waals surface area (Å²) in [6.07, 6.45) is 0. The number of fused-ring (bicyclic) bond motifs is 16. The second-order valence-corrected chi connectivity index (χ2v) is 33.0. The molecule has 11 aromatic carbocycles. The van der Waals surface area contributed by atoms with E-state index in [0.29, 0.717) is 0 Å². The highest BCUT2D eigenvalue weighted by Crippen LogP contribution is 2.64. The van der Waals surface area contributed by atoms with Crippen LogP contribution in [0.15, 0.2) is 227 Å². The van der Waals surface area contributed by atoms with Crippen molar-refractivity contribution < 1.29 is 8.83 Å². The van der Waals surface area contributed by atoms with Gasteiger partial charge in [-0.05, 0) is 128 Å². The molecule has 6 heteroatoms. The van der Waals surface area contributed by atoms with Gasteiger partial charge in [0.2, 0.25) is 0 Å². The van der Waals surface area contributed by atoms with Crippen molar-refractivity contribution in [1.29, 1.82) is 0 Å². The van der Waals surface area contributed by atoms with Crippen LogP contribution >= 0.6 is 0 Å². The fourth-order valence-electron chi connectivity index (χ4n) is 13.6. The van der Waals surface area contributed by atoms with Crippen molar-refractivity contribution in [3.05, 3.63) is 230 Å². The number of furan rings is 2. The molecule has 0 fully saturated rings. The average Bonchev–Trinajstić information content (AvgIpc) is 4.08. The summed E-state index contributed by atoms with van der Waals surface area (Å²) in [4.78, 5) is 4.88. The van der Waals surface area contributed by atoms with E-state index in [-0.39, 0.29) is 4.66 Å². The van der Waals surface area contributed by atoms with Crippen LogP contribution in [0.1, 0.15) is 11.1 Å². The van der Waals surface area contributed by atoms with Crippen LogP contribution in [0.25, 0.3) is 87.3 Å². The van der Waals surface area contributed by atoms with Gasteiger partial charge in [-0.25, -0.2) is 0 Å². The predicted molar refractivity (Wildman–Crippen MR) is 316 cm³/mol. The Morgan fingerprint density at radius 1 is 0.301 bits per heavy atom. The van der Waals surface area contributed by atoms with Crippen LogP contribution in [0, 0.1) is 0 Å². The molecule has 2 heterocycles. The number of para-hydroxylation sites is 4. The molecule has 0 saturated carbocycles. The molecule has 13 aromatic rings. The van der Waals surface area contributed by atoms with Gasteiger partial charge >= 0.3 is 0 Å². The molecular weight excluding hydrogens is 921 g/mol.